The van der Waals surface area contributed by atoms with Crippen LogP contribution in [0.4, 0.5) is 0 Å². The quantitative estimate of drug-likeness (QED) is 0.722. The molecule has 0 amide bonds. The second-order valence-electron chi connectivity index (χ2n) is 4.70. The van der Waals surface area contributed by atoms with Gasteiger partial charge in [-0.1, -0.05) is 0 Å². The van der Waals surface area contributed by atoms with Crippen molar-refractivity contribution in [3.63, 3.8) is 0 Å². The number of likely N-dealkylation sites (tertiary alicyclic amines) is 1. The molecule has 0 aliphatic carbocycles. The van der Waals surface area contributed by atoms with E-state index in [2.05, 4.69) is 17.1 Å². The van der Waals surface area contributed by atoms with Gasteiger partial charge in [-0.2, -0.15) is 0 Å². The first-order valence-corrected chi connectivity index (χ1v) is 6.15. The number of methoxy groups -OCH3 is 1. The molecule has 1 rings (SSSR count). The lowest BCUT2D eigenvalue weighted by Gasteiger charge is -2.36. The first-order chi connectivity index (χ1) is 7.27. The van der Waals surface area contributed by atoms with Gasteiger partial charge in [-0.05, 0) is 52.2 Å². The predicted octanol–water partition coefficient (Wildman–Crippen LogP) is 1.34. The summed E-state index contributed by atoms with van der Waals surface area (Å²) in [6.07, 6.45) is 3.91. The van der Waals surface area contributed by atoms with Crippen molar-refractivity contribution < 1.29 is 4.74 Å². The summed E-state index contributed by atoms with van der Waals surface area (Å²) in [5.41, 5.74) is 0. The molecule has 15 heavy (non-hydrogen) atoms. The molecule has 2 unspecified atom stereocenters. The van der Waals surface area contributed by atoms with E-state index in [0.29, 0.717) is 6.04 Å². The molecular formula is C12H26N2O. The van der Waals surface area contributed by atoms with Crippen molar-refractivity contribution in [2.24, 2.45) is 5.92 Å². The lowest BCUT2D eigenvalue weighted by atomic mass is 9.97. The first-order valence-electron chi connectivity index (χ1n) is 6.15. The molecule has 3 heteroatoms. The highest BCUT2D eigenvalue weighted by atomic mass is 16.5. The van der Waals surface area contributed by atoms with Gasteiger partial charge in [-0.3, -0.25) is 0 Å². The van der Waals surface area contributed by atoms with Gasteiger partial charge < -0.3 is 15.0 Å². The molecule has 0 aromatic carbocycles. The molecule has 1 N–H and O–H groups in total. The third-order valence-electron chi connectivity index (χ3n) is 3.39. The van der Waals surface area contributed by atoms with Crippen LogP contribution >= 0.6 is 0 Å². The van der Waals surface area contributed by atoms with Crippen molar-refractivity contribution in [3.8, 4) is 0 Å². The Balaban J connectivity index is 2.27. The summed E-state index contributed by atoms with van der Waals surface area (Å²) < 4.78 is 5.25. The summed E-state index contributed by atoms with van der Waals surface area (Å²) in [6, 6.07) is 0.706. The zero-order valence-corrected chi connectivity index (χ0v) is 10.5. The number of hydrogen-bond donors (Lipinski definition) is 1. The minimum atomic E-state index is 0.706. The highest BCUT2D eigenvalue weighted by Crippen LogP contribution is 2.19. The lowest BCUT2D eigenvalue weighted by Crippen LogP contribution is -2.43. The molecule has 1 fully saturated rings. The number of nitrogens with zero attached hydrogens (tertiary/aromatic N) is 1. The minimum absolute atomic E-state index is 0.706. The van der Waals surface area contributed by atoms with Gasteiger partial charge in [0.2, 0.25) is 0 Å². The van der Waals surface area contributed by atoms with E-state index in [0.717, 1.165) is 19.1 Å². The van der Waals surface area contributed by atoms with Crippen LogP contribution in [-0.4, -0.2) is 51.3 Å². The molecule has 1 saturated heterocycles. The van der Waals surface area contributed by atoms with E-state index in [1.165, 1.54) is 32.4 Å². The second-order valence-corrected chi connectivity index (χ2v) is 4.70. The van der Waals surface area contributed by atoms with Crippen LogP contribution in [0.25, 0.3) is 0 Å². The number of hydrogen-bond acceptors (Lipinski definition) is 3. The van der Waals surface area contributed by atoms with Gasteiger partial charge in [0.1, 0.15) is 0 Å². The maximum atomic E-state index is 5.25. The number of rotatable bonds is 6. The first kappa shape index (κ1) is 12.9. The molecule has 0 saturated carbocycles. The molecule has 0 spiro atoms. The topological polar surface area (TPSA) is 24.5 Å². The van der Waals surface area contributed by atoms with Gasteiger partial charge in [0, 0.05) is 19.7 Å². The Labute approximate surface area is 94.2 Å². The molecular weight excluding hydrogens is 188 g/mol. The summed E-state index contributed by atoms with van der Waals surface area (Å²) in [7, 11) is 3.83. The van der Waals surface area contributed by atoms with Crippen LogP contribution in [0.5, 0.6) is 0 Å². The van der Waals surface area contributed by atoms with Gasteiger partial charge in [0.25, 0.3) is 0 Å². The third-order valence-corrected chi connectivity index (χ3v) is 3.39. The van der Waals surface area contributed by atoms with E-state index in [4.69, 9.17) is 4.74 Å². The van der Waals surface area contributed by atoms with E-state index in [1.54, 1.807) is 0 Å². The lowest BCUT2D eigenvalue weighted by molar-refractivity contribution is 0.0703. The van der Waals surface area contributed by atoms with E-state index >= 15 is 0 Å². The summed E-state index contributed by atoms with van der Waals surface area (Å²) in [5, 5.41) is 3.22. The average molecular weight is 214 g/mol. The Morgan fingerprint density at radius 1 is 1.53 bits per heavy atom. The van der Waals surface area contributed by atoms with Gasteiger partial charge in [0.15, 0.2) is 0 Å². The SMILES string of the molecule is CNCCC(C)N1CCCC(COC)C1. The molecule has 0 aromatic heterocycles. The Hall–Kier alpha value is -0.120. The van der Waals surface area contributed by atoms with Crippen LogP contribution in [0.15, 0.2) is 0 Å². The van der Waals surface area contributed by atoms with Crippen LogP contribution in [0, 0.1) is 5.92 Å². The largest absolute Gasteiger partial charge is 0.384 e. The smallest absolute Gasteiger partial charge is 0.0502 e. The Bertz CT molecular complexity index is 162. The predicted molar refractivity (Wildman–Crippen MR) is 64.2 cm³/mol. The van der Waals surface area contributed by atoms with Gasteiger partial charge in [-0.15, -0.1) is 0 Å². The van der Waals surface area contributed by atoms with Crippen molar-refractivity contribution in [2.75, 3.05) is 40.4 Å². The highest BCUT2D eigenvalue weighted by Gasteiger charge is 2.22. The van der Waals surface area contributed by atoms with Crippen LogP contribution < -0.4 is 5.32 Å². The molecule has 90 valence electrons. The van der Waals surface area contributed by atoms with Crippen LogP contribution in [0.3, 0.4) is 0 Å². The van der Waals surface area contributed by atoms with Crippen molar-refractivity contribution in [1.29, 1.82) is 0 Å². The molecule has 3 nitrogen and oxygen atoms in total. The highest BCUT2D eigenvalue weighted by molar-refractivity contribution is 4.77. The van der Waals surface area contributed by atoms with Crippen molar-refractivity contribution in [1.82, 2.24) is 10.2 Å². The molecule has 1 heterocycles. The summed E-state index contributed by atoms with van der Waals surface area (Å²) in [6.45, 7) is 6.87. The maximum absolute atomic E-state index is 5.25. The van der Waals surface area contributed by atoms with Crippen molar-refractivity contribution in [3.05, 3.63) is 0 Å². The average Bonchev–Trinajstić information content (AvgIpc) is 2.27. The fourth-order valence-electron chi connectivity index (χ4n) is 2.41. The molecule has 0 aromatic rings. The Morgan fingerprint density at radius 2 is 2.33 bits per heavy atom. The van der Waals surface area contributed by atoms with Crippen molar-refractivity contribution >= 4 is 0 Å². The second kappa shape index (κ2) is 7.20. The number of piperidine rings is 1. The third kappa shape index (κ3) is 4.49. The van der Waals surface area contributed by atoms with Crippen LogP contribution in [0.1, 0.15) is 26.2 Å². The number of nitrogens with one attached hydrogen (secondary N) is 1. The van der Waals surface area contributed by atoms with E-state index < -0.39 is 0 Å². The van der Waals surface area contributed by atoms with E-state index in [-0.39, 0.29) is 0 Å². The summed E-state index contributed by atoms with van der Waals surface area (Å²) >= 11 is 0. The van der Waals surface area contributed by atoms with Gasteiger partial charge in [0.05, 0.1) is 6.61 Å². The van der Waals surface area contributed by atoms with Gasteiger partial charge >= 0.3 is 0 Å². The summed E-state index contributed by atoms with van der Waals surface area (Å²) in [5.74, 6) is 0.751. The van der Waals surface area contributed by atoms with Crippen LogP contribution in [-0.2, 0) is 4.74 Å². The zero-order valence-electron chi connectivity index (χ0n) is 10.5. The standard InChI is InChI=1S/C12H26N2O/c1-11(6-7-13-2)14-8-4-5-12(9-14)10-15-3/h11-13H,4-10H2,1-3H3. The van der Waals surface area contributed by atoms with E-state index in [1.807, 2.05) is 14.2 Å². The van der Waals surface area contributed by atoms with Crippen LogP contribution in [0.2, 0.25) is 0 Å². The molecule has 2 atom stereocenters. The normalized spacial score (nSPS) is 25.4. The van der Waals surface area contributed by atoms with E-state index in [9.17, 15) is 0 Å². The zero-order chi connectivity index (χ0) is 11.1. The molecule has 1 aliphatic rings. The Kier molecular flexibility index (Phi) is 6.22. The number of ether oxygens (including phenoxy) is 1. The fraction of sp³-hybridized carbons (Fsp3) is 1.00. The monoisotopic (exact) mass is 214 g/mol. The summed E-state index contributed by atoms with van der Waals surface area (Å²) in [4.78, 5) is 2.62. The molecule has 1 aliphatic heterocycles. The maximum Gasteiger partial charge on any atom is 0.0502 e. The Morgan fingerprint density at radius 3 is 3.00 bits per heavy atom. The van der Waals surface area contributed by atoms with Crippen molar-refractivity contribution in [2.45, 2.75) is 32.2 Å². The molecule has 0 bridgehead atoms. The van der Waals surface area contributed by atoms with Gasteiger partial charge in [-0.25, -0.2) is 0 Å². The minimum Gasteiger partial charge on any atom is -0.384 e. The fourth-order valence-corrected chi connectivity index (χ4v) is 2.41. The molecule has 0 radical (unpaired) electrons.